The standard InChI is InChI=1S/C18H24N2O3/c1-5-12(2)15-11-14(18(22)23)10-13-6-7-16(21)20(17(13)15)9-8-19(3)4/h6-7,10-12H,5,8-9H2,1-4H3,(H,22,23). The van der Waals surface area contributed by atoms with E-state index in [4.69, 9.17) is 0 Å². The first kappa shape index (κ1) is 17.2. The van der Waals surface area contributed by atoms with E-state index in [2.05, 4.69) is 13.8 Å². The summed E-state index contributed by atoms with van der Waals surface area (Å²) in [7, 11) is 3.93. The van der Waals surface area contributed by atoms with Gasteiger partial charge in [-0.05, 0) is 55.6 Å². The van der Waals surface area contributed by atoms with Crippen molar-refractivity contribution in [3.8, 4) is 0 Å². The van der Waals surface area contributed by atoms with Gasteiger partial charge >= 0.3 is 5.97 Å². The number of hydrogen-bond acceptors (Lipinski definition) is 3. The molecule has 1 atom stereocenters. The van der Waals surface area contributed by atoms with Gasteiger partial charge in [-0.2, -0.15) is 0 Å². The van der Waals surface area contributed by atoms with Crippen LogP contribution in [0.15, 0.2) is 29.1 Å². The van der Waals surface area contributed by atoms with Gasteiger partial charge in [-0.3, -0.25) is 4.79 Å². The fraction of sp³-hybridized carbons (Fsp3) is 0.444. The van der Waals surface area contributed by atoms with Gasteiger partial charge in [0.25, 0.3) is 5.56 Å². The Labute approximate surface area is 136 Å². The molecule has 5 heteroatoms. The number of aromatic nitrogens is 1. The van der Waals surface area contributed by atoms with Crippen molar-refractivity contribution in [2.24, 2.45) is 0 Å². The number of rotatable bonds is 6. The van der Waals surface area contributed by atoms with E-state index >= 15 is 0 Å². The van der Waals surface area contributed by atoms with Crippen LogP contribution in [0.3, 0.4) is 0 Å². The van der Waals surface area contributed by atoms with Crippen molar-refractivity contribution in [3.05, 3.63) is 45.7 Å². The molecular formula is C18H24N2O3. The Morgan fingerprint density at radius 2 is 2.00 bits per heavy atom. The lowest BCUT2D eigenvalue weighted by Crippen LogP contribution is -2.27. The van der Waals surface area contributed by atoms with Crippen LogP contribution in [0.25, 0.3) is 10.9 Å². The Balaban J connectivity index is 2.76. The van der Waals surface area contributed by atoms with Gasteiger partial charge in [0.15, 0.2) is 0 Å². The minimum absolute atomic E-state index is 0.0491. The Hall–Kier alpha value is -2.14. The third-order valence-electron chi connectivity index (χ3n) is 4.27. The van der Waals surface area contributed by atoms with Crippen LogP contribution >= 0.6 is 0 Å². The molecule has 5 nitrogen and oxygen atoms in total. The van der Waals surface area contributed by atoms with Crippen molar-refractivity contribution in [1.29, 1.82) is 0 Å². The second-order valence-electron chi connectivity index (χ2n) is 6.24. The molecule has 0 fully saturated rings. The van der Waals surface area contributed by atoms with Crippen molar-refractivity contribution in [2.75, 3.05) is 20.6 Å². The van der Waals surface area contributed by atoms with Crippen molar-refractivity contribution in [2.45, 2.75) is 32.7 Å². The predicted molar refractivity (Wildman–Crippen MR) is 92.4 cm³/mol. The average Bonchev–Trinajstić information content (AvgIpc) is 2.51. The summed E-state index contributed by atoms with van der Waals surface area (Å²) in [6.45, 7) is 5.46. The molecule has 1 N–H and O–H groups in total. The fourth-order valence-corrected chi connectivity index (χ4v) is 2.72. The highest BCUT2D eigenvalue weighted by Crippen LogP contribution is 2.28. The number of pyridine rings is 1. The van der Waals surface area contributed by atoms with Crippen LogP contribution in [-0.4, -0.2) is 41.2 Å². The number of fused-ring (bicyclic) bond motifs is 1. The molecule has 0 saturated carbocycles. The van der Waals surface area contributed by atoms with Crippen LogP contribution in [0.2, 0.25) is 0 Å². The van der Waals surface area contributed by atoms with Crippen molar-refractivity contribution in [1.82, 2.24) is 9.47 Å². The third kappa shape index (κ3) is 3.62. The first-order chi connectivity index (χ1) is 10.8. The molecule has 0 radical (unpaired) electrons. The van der Waals surface area contributed by atoms with Gasteiger partial charge in [0.1, 0.15) is 0 Å². The molecule has 0 amide bonds. The number of aromatic carboxylic acids is 1. The molecule has 23 heavy (non-hydrogen) atoms. The van der Waals surface area contributed by atoms with Gasteiger partial charge in [-0.15, -0.1) is 0 Å². The number of carboxylic acids is 1. The van der Waals surface area contributed by atoms with Crippen molar-refractivity contribution >= 4 is 16.9 Å². The molecule has 0 aliphatic rings. The van der Waals surface area contributed by atoms with Gasteiger partial charge in [0.2, 0.25) is 0 Å². The van der Waals surface area contributed by atoms with E-state index in [1.165, 1.54) is 6.07 Å². The Morgan fingerprint density at radius 3 is 2.57 bits per heavy atom. The highest BCUT2D eigenvalue weighted by atomic mass is 16.4. The Morgan fingerprint density at radius 1 is 1.30 bits per heavy atom. The molecule has 2 rings (SSSR count). The summed E-state index contributed by atoms with van der Waals surface area (Å²) in [5.74, 6) is -0.758. The number of likely N-dealkylation sites (N-methyl/N-ethyl adjacent to an activating group) is 1. The first-order valence-electron chi connectivity index (χ1n) is 7.90. The maximum atomic E-state index is 12.4. The first-order valence-corrected chi connectivity index (χ1v) is 7.90. The number of carboxylic acid groups (broad SMARTS) is 1. The Kier molecular flexibility index (Phi) is 5.21. The highest BCUT2D eigenvalue weighted by molar-refractivity contribution is 5.95. The zero-order chi connectivity index (χ0) is 17.1. The molecule has 0 saturated heterocycles. The van der Waals surface area contributed by atoms with Crippen molar-refractivity contribution in [3.63, 3.8) is 0 Å². The van der Waals surface area contributed by atoms with E-state index in [9.17, 15) is 14.7 Å². The van der Waals surface area contributed by atoms with E-state index in [0.717, 1.165) is 29.4 Å². The van der Waals surface area contributed by atoms with E-state index in [0.29, 0.717) is 6.54 Å². The number of carbonyl (C=O) groups is 1. The van der Waals surface area contributed by atoms with Crippen molar-refractivity contribution < 1.29 is 9.90 Å². The van der Waals surface area contributed by atoms with Gasteiger partial charge in [0, 0.05) is 19.2 Å². The Bertz CT molecular complexity index is 778. The van der Waals surface area contributed by atoms with Crippen LogP contribution in [0.1, 0.15) is 42.1 Å². The lowest BCUT2D eigenvalue weighted by atomic mass is 9.93. The summed E-state index contributed by atoms with van der Waals surface area (Å²) < 4.78 is 1.77. The molecule has 0 aliphatic carbocycles. The number of nitrogens with zero attached hydrogens (tertiary/aromatic N) is 2. The summed E-state index contributed by atoms with van der Waals surface area (Å²) in [6, 6.07) is 6.60. The topological polar surface area (TPSA) is 62.5 Å². The average molecular weight is 316 g/mol. The molecule has 2 aromatic rings. The predicted octanol–water partition coefficient (Wildman–Crippen LogP) is 2.77. The minimum Gasteiger partial charge on any atom is -0.478 e. The molecular weight excluding hydrogens is 292 g/mol. The van der Waals surface area contributed by atoms with Crippen LogP contribution in [-0.2, 0) is 6.54 Å². The zero-order valence-corrected chi connectivity index (χ0v) is 14.2. The quantitative estimate of drug-likeness (QED) is 0.890. The van der Waals surface area contributed by atoms with Crippen LogP contribution < -0.4 is 5.56 Å². The molecule has 1 heterocycles. The molecule has 1 unspecified atom stereocenters. The van der Waals surface area contributed by atoms with Gasteiger partial charge in [0.05, 0.1) is 11.1 Å². The maximum absolute atomic E-state index is 12.4. The molecule has 124 valence electrons. The van der Waals surface area contributed by atoms with Crippen LogP contribution in [0.5, 0.6) is 0 Å². The molecule has 0 aliphatic heterocycles. The summed E-state index contributed by atoms with van der Waals surface area (Å²) in [5.41, 5.74) is 2.01. The number of benzene rings is 1. The van der Waals surface area contributed by atoms with E-state index in [1.807, 2.05) is 19.0 Å². The molecule has 0 bridgehead atoms. The highest BCUT2D eigenvalue weighted by Gasteiger charge is 2.16. The van der Waals surface area contributed by atoms with Gasteiger partial charge in [-0.1, -0.05) is 13.8 Å². The SMILES string of the molecule is CCC(C)c1cc(C(=O)O)cc2ccc(=O)n(CCN(C)C)c12. The van der Waals surface area contributed by atoms with Gasteiger partial charge in [-0.25, -0.2) is 4.79 Å². The van der Waals surface area contributed by atoms with E-state index < -0.39 is 5.97 Å². The lowest BCUT2D eigenvalue weighted by molar-refractivity contribution is 0.0697. The molecule has 1 aromatic heterocycles. The summed E-state index contributed by atoms with van der Waals surface area (Å²) in [4.78, 5) is 25.8. The zero-order valence-electron chi connectivity index (χ0n) is 14.2. The smallest absolute Gasteiger partial charge is 0.335 e. The largest absolute Gasteiger partial charge is 0.478 e. The normalized spacial score (nSPS) is 12.7. The summed E-state index contributed by atoms with van der Waals surface area (Å²) >= 11 is 0. The monoisotopic (exact) mass is 316 g/mol. The summed E-state index contributed by atoms with van der Waals surface area (Å²) in [6.07, 6.45) is 0.884. The molecule has 0 spiro atoms. The third-order valence-corrected chi connectivity index (χ3v) is 4.27. The number of hydrogen-bond donors (Lipinski definition) is 1. The summed E-state index contributed by atoms with van der Waals surface area (Å²) in [5, 5.41) is 10.2. The second-order valence-corrected chi connectivity index (χ2v) is 6.24. The fourth-order valence-electron chi connectivity index (χ4n) is 2.72. The molecule has 1 aromatic carbocycles. The maximum Gasteiger partial charge on any atom is 0.335 e. The second kappa shape index (κ2) is 6.96. The van der Waals surface area contributed by atoms with Gasteiger partial charge < -0.3 is 14.6 Å². The lowest BCUT2D eigenvalue weighted by Gasteiger charge is -2.19. The van der Waals surface area contributed by atoms with Crippen LogP contribution in [0, 0.1) is 0 Å². The van der Waals surface area contributed by atoms with E-state index in [-0.39, 0.29) is 17.0 Å². The van der Waals surface area contributed by atoms with Crippen LogP contribution in [0.4, 0.5) is 0 Å². The van der Waals surface area contributed by atoms with E-state index in [1.54, 1.807) is 22.8 Å². The minimum atomic E-state index is -0.942.